The lowest BCUT2D eigenvalue weighted by atomic mass is 9.91. The number of fused-ring (bicyclic) bond motifs is 2. The number of carbonyl (C=O) groups is 3. The maximum atomic E-state index is 14.3. The summed E-state index contributed by atoms with van der Waals surface area (Å²) in [5, 5.41) is 18.4. The molecular formula is C47H43Cl2N5O7. The fourth-order valence-corrected chi connectivity index (χ4v) is 8.09. The van der Waals surface area contributed by atoms with Crippen molar-refractivity contribution >= 4 is 41.0 Å². The Balaban J connectivity index is 0.993. The Bertz CT molecular complexity index is 2650. The molecular weight excluding hydrogens is 817 g/mol. The number of pyridine rings is 1. The number of carboxylic acids is 1. The summed E-state index contributed by atoms with van der Waals surface area (Å²) in [6.45, 7) is 6.39. The lowest BCUT2D eigenvalue weighted by molar-refractivity contribution is -0.142. The predicted molar refractivity (Wildman–Crippen MR) is 230 cm³/mol. The van der Waals surface area contributed by atoms with Gasteiger partial charge in [-0.15, -0.1) is 0 Å². The Kier molecular flexibility index (Phi) is 11.7. The monoisotopic (exact) mass is 859 g/mol. The van der Waals surface area contributed by atoms with Gasteiger partial charge in [0.2, 0.25) is 5.91 Å². The first kappa shape index (κ1) is 41.4. The van der Waals surface area contributed by atoms with Gasteiger partial charge in [-0.05, 0) is 114 Å². The molecule has 6 aromatic rings. The fraction of sp³-hybridized carbons (Fsp3) is 0.255. The molecule has 4 heterocycles. The van der Waals surface area contributed by atoms with Gasteiger partial charge in [-0.25, -0.2) is 4.79 Å². The largest absolute Gasteiger partial charge is 0.489 e. The van der Waals surface area contributed by atoms with Crippen LogP contribution in [0.5, 0.6) is 17.2 Å². The zero-order valence-corrected chi connectivity index (χ0v) is 35.5. The lowest BCUT2D eigenvalue weighted by Crippen LogP contribution is -2.56. The van der Waals surface area contributed by atoms with Crippen LogP contribution in [0.25, 0.3) is 11.1 Å². The van der Waals surface area contributed by atoms with Crippen molar-refractivity contribution in [2.45, 2.75) is 65.0 Å². The van der Waals surface area contributed by atoms with E-state index in [0.717, 1.165) is 50.2 Å². The molecule has 2 aromatic heterocycles. The van der Waals surface area contributed by atoms with Gasteiger partial charge in [-0.2, -0.15) is 5.10 Å². The summed E-state index contributed by atoms with van der Waals surface area (Å²) in [6.07, 6.45) is 1.52. The number of rotatable bonds is 11. The number of nitrogens with zero attached hydrogens (tertiary/aromatic N) is 4. The summed E-state index contributed by atoms with van der Waals surface area (Å²) in [5.41, 5.74) is 9.04. The minimum atomic E-state index is -1.25. The van der Waals surface area contributed by atoms with Crippen LogP contribution in [0.15, 0.2) is 97.2 Å². The Morgan fingerprint density at radius 1 is 0.902 bits per heavy atom. The lowest BCUT2D eigenvalue weighted by Gasteiger charge is -2.37. The number of amides is 2. The van der Waals surface area contributed by atoms with Gasteiger partial charge < -0.3 is 29.5 Å². The highest BCUT2D eigenvalue weighted by Gasteiger charge is 2.39. The third-order valence-electron chi connectivity index (χ3n) is 11.3. The van der Waals surface area contributed by atoms with Crippen LogP contribution in [0.2, 0.25) is 10.0 Å². The quantitative estimate of drug-likeness (QED) is 0.132. The molecule has 2 amide bonds. The summed E-state index contributed by atoms with van der Waals surface area (Å²) in [7, 11) is 1.67. The summed E-state index contributed by atoms with van der Waals surface area (Å²) in [5.74, 6) is -0.483. The van der Waals surface area contributed by atoms with Crippen LogP contribution in [-0.2, 0) is 42.6 Å². The van der Waals surface area contributed by atoms with E-state index in [0.29, 0.717) is 45.3 Å². The molecule has 0 saturated heterocycles. The van der Waals surface area contributed by atoms with Crippen LogP contribution in [0.3, 0.4) is 0 Å². The average Bonchev–Trinajstić information content (AvgIpc) is 3.60. The molecule has 0 aliphatic carbocycles. The van der Waals surface area contributed by atoms with E-state index in [1.165, 1.54) is 9.58 Å². The number of aryl methyl sites for hydroxylation is 3. The summed E-state index contributed by atoms with van der Waals surface area (Å²) in [4.78, 5) is 47.0. The smallest absolute Gasteiger partial charge is 0.326 e. The van der Waals surface area contributed by atoms with Crippen LogP contribution in [0.1, 0.15) is 61.4 Å². The van der Waals surface area contributed by atoms with Crippen molar-refractivity contribution < 1.29 is 33.7 Å². The second-order valence-electron chi connectivity index (χ2n) is 15.4. The molecule has 2 N–H and O–H groups in total. The Hall–Kier alpha value is -6.37. The van der Waals surface area contributed by atoms with E-state index in [4.69, 9.17) is 37.4 Å². The van der Waals surface area contributed by atoms with Crippen molar-refractivity contribution in [3.8, 4) is 28.4 Å². The molecule has 3 atom stereocenters. The Morgan fingerprint density at radius 2 is 1.64 bits per heavy atom. The van der Waals surface area contributed by atoms with Gasteiger partial charge in [0.1, 0.15) is 36.7 Å². The van der Waals surface area contributed by atoms with Crippen molar-refractivity contribution in [1.29, 1.82) is 0 Å². The molecule has 8 rings (SSSR count). The maximum Gasteiger partial charge on any atom is 0.326 e. The zero-order valence-electron chi connectivity index (χ0n) is 33.9. The molecule has 0 fully saturated rings. The molecule has 2 aliphatic rings. The molecule has 0 bridgehead atoms. The summed E-state index contributed by atoms with van der Waals surface area (Å²) < 4.78 is 20.1. The number of hydrogen-bond donors (Lipinski definition) is 2. The van der Waals surface area contributed by atoms with Gasteiger partial charge in [0, 0.05) is 38.3 Å². The van der Waals surface area contributed by atoms with E-state index in [1.54, 1.807) is 38.4 Å². The first-order valence-corrected chi connectivity index (χ1v) is 20.5. The molecule has 2 aliphatic heterocycles. The number of aliphatic carboxylic acids is 1. The fourth-order valence-electron chi connectivity index (χ4n) is 7.77. The van der Waals surface area contributed by atoms with Crippen LogP contribution < -0.4 is 19.5 Å². The van der Waals surface area contributed by atoms with Crippen LogP contribution in [-0.4, -0.2) is 61.2 Å². The predicted octanol–water partition coefficient (Wildman–Crippen LogP) is 8.18. The Morgan fingerprint density at radius 3 is 2.34 bits per heavy atom. The molecule has 0 saturated carbocycles. The number of carbonyl (C=O) groups excluding carboxylic acids is 2. The molecule has 0 radical (unpaired) electrons. The van der Waals surface area contributed by atoms with Crippen LogP contribution in [0, 0.1) is 20.8 Å². The van der Waals surface area contributed by atoms with E-state index in [-0.39, 0.29) is 26.0 Å². The molecule has 1 unspecified atom stereocenters. The van der Waals surface area contributed by atoms with Gasteiger partial charge in [-0.3, -0.25) is 19.3 Å². The van der Waals surface area contributed by atoms with Gasteiger partial charge in [-0.1, -0.05) is 65.7 Å². The number of nitrogens with one attached hydrogen (secondary N) is 1. The standard InChI is InChI=1S/C47H43Cl2N5O7/c1-26-17-41(53(4)52-26)46(56)54-23-34-22-43-42(60-25-44(61-43)32-10-12-35(13-11-32)59-24-30-7-14-37(48)38(49)18-30)21-33(34)20-40(54)45(55)51-39(47(57)58)19-29-5-8-31(9-6-29)36-15-16-50-28(3)27(36)2/h5-18,21-22,39-40,44H,19-20,23-25H2,1-4H3,(H,51,55)(H,57,58)/t39?,40-,44+/m0/s1. The SMILES string of the molecule is Cc1cc(C(=O)N2Cc3cc4c(cc3C[C@H]2C(=O)NC(Cc2ccc(-c3ccnc(C)c3C)cc2)C(=O)O)OC[C@H](c2ccc(OCc3ccc(Cl)c(Cl)c3)cc2)O4)n(C)n1. The average molecular weight is 861 g/mol. The van der Waals surface area contributed by atoms with E-state index in [1.807, 2.05) is 86.6 Å². The first-order valence-electron chi connectivity index (χ1n) is 19.8. The second kappa shape index (κ2) is 17.3. The third kappa shape index (κ3) is 8.92. The number of aromatic nitrogens is 3. The molecule has 4 aromatic carbocycles. The van der Waals surface area contributed by atoms with E-state index < -0.39 is 36.0 Å². The normalized spacial score (nSPS) is 16.1. The minimum Gasteiger partial charge on any atom is -0.489 e. The Labute approximate surface area is 363 Å². The molecule has 12 nitrogen and oxygen atoms in total. The van der Waals surface area contributed by atoms with Crippen molar-refractivity contribution in [2.75, 3.05) is 6.61 Å². The minimum absolute atomic E-state index is 0.0439. The summed E-state index contributed by atoms with van der Waals surface area (Å²) >= 11 is 12.2. The topological polar surface area (TPSA) is 145 Å². The maximum absolute atomic E-state index is 14.3. The highest BCUT2D eigenvalue weighted by atomic mass is 35.5. The van der Waals surface area contributed by atoms with Gasteiger partial charge in [0.25, 0.3) is 5.91 Å². The van der Waals surface area contributed by atoms with Gasteiger partial charge in [0.15, 0.2) is 17.6 Å². The third-order valence-corrected chi connectivity index (χ3v) is 12.0. The van der Waals surface area contributed by atoms with Crippen LogP contribution >= 0.6 is 23.2 Å². The molecule has 61 heavy (non-hydrogen) atoms. The number of carboxylic acid groups (broad SMARTS) is 1. The molecule has 14 heteroatoms. The van der Waals surface area contributed by atoms with Gasteiger partial charge in [0.05, 0.1) is 15.7 Å². The van der Waals surface area contributed by atoms with Crippen molar-refractivity contribution in [1.82, 2.24) is 25.0 Å². The van der Waals surface area contributed by atoms with Crippen LogP contribution in [0.4, 0.5) is 0 Å². The van der Waals surface area contributed by atoms with E-state index in [2.05, 4.69) is 15.4 Å². The first-order chi connectivity index (χ1) is 29.3. The van der Waals surface area contributed by atoms with Crippen molar-refractivity contribution in [3.05, 3.63) is 158 Å². The number of hydrogen-bond acceptors (Lipinski definition) is 8. The van der Waals surface area contributed by atoms with Crippen molar-refractivity contribution in [3.63, 3.8) is 0 Å². The van der Waals surface area contributed by atoms with E-state index >= 15 is 0 Å². The van der Waals surface area contributed by atoms with Crippen molar-refractivity contribution in [2.24, 2.45) is 7.05 Å². The number of benzene rings is 4. The van der Waals surface area contributed by atoms with Gasteiger partial charge >= 0.3 is 5.97 Å². The molecule has 312 valence electrons. The number of ether oxygens (including phenoxy) is 3. The second-order valence-corrected chi connectivity index (χ2v) is 16.2. The number of halogens is 2. The summed E-state index contributed by atoms with van der Waals surface area (Å²) in [6, 6.07) is 25.6. The van der Waals surface area contributed by atoms with E-state index in [9.17, 15) is 19.5 Å². The highest BCUT2D eigenvalue weighted by molar-refractivity contribution is 6.42. The highest BCUT2D eigenvalue weighted by Crippen LogP contribution is 2.41. The molecule has 0 spiro atoms. The zero-order chi connectivity index (χ0) is 42.9.